The summed E-state index contributed by atoms with van der Waals surface area (Å²) in [6.45, 7) is 7.34. The van der Waals surface area contributed by atoms with Crippen LogP contribution in [0.4, 0.5) is 0 Å². The first-order valence-electron chi connectivity index (χ1n) is 6.90. The minimum atomic E-state index is -0.112. The molecule has 2 aliphatic heterocycles. The van der Waals surface area contributed by atoms with Gasteiger partial charge in [-0.15, -0.1) is 0 Å². The number of nitrogens with zero attached hydrogens (tertiary/aromatic N) is 1. The molecule has 2 saturated heterocycles. The normalized spacial score (nSPS) is 38.3. The molecule has 3 unspecified atom stereocenters. The monoisotopic (exact) mass is 252 g/mol. The second kappa shape index (κ2) is 4.65. The first-order valence-corrected chi connectivity index (χ1v) is 6.90. The van der Waals surface area contributed by atoms with Crippen LogP contribution in [-0.2, 0) is 9.59 Å². The largest absolute Gasteiger partial charge is 0.304 e. The van der Waals surface area contributed by atoms with E-state index in [1.807, 2.05) is 0 Å². The van der Waals surface area contributed by atoms with Gasteiger partial charge < -0.3 is 4.90 Å². The topological polar surface area (TPSA) is 49.4 Å². The Bertz CT molecular complexity index is 367. The van der Waals surface area contributed by atoms with E-state index in [1.54, 1.807) is 0 Å². The molecule has 0 bridgehead atoms. The zero-order valence-electron chi connectivity index (χ0n) is 11.8. The maximum Gasteiger partial charge on any atom is 0.230 e. The van der Waals surface area contributed by atoms with Crippen molar-refractivity contribution in [3.05, 3.63) is 0 Å². The van der Waals surface area contributed by atoms with Crippen molar-refractivity contribution < 1.29 is 9.59 Å². The Morgan fingerprint density at radius 3 is 2.61 bits per heavy atom. The van der Waals surface area contributed by atoms with Crippen molar-refractivity contribution in [2.75, 3.05) is 13.6 Å². The molecule has 0 aromatic heterocycles. The molecule has 102 valence electrons. The van der Waals surface area contributed by atoms with Crippen molar-refractivity contribution in [3.8, 4) is 0 Å². The van der Waals surface area contributed by atoms with E-state index in [2.05, 4.69) is 38.0 Å². The van der Waals surface area contributed by atoms with Gasteiger partial charge in [0.25, 0.3) is 0 Å². The number of imide groups is 1. The molecule has 18 heavy (non-hydrogen) atoms. The molecule has 1 N–H and O–H groups in total. The average molecular weight is 252 g/mol. The molecule has 0 saturated carbocycles. The number of hydrogen-bond acceptors (Lipinski definition) is 3. The number of rotatable bonds is 1. The molecule has 0 aliphatic carbocycles. The van der Waals surface area contributed by atoms with Crippen molar-refractivity contribution in [2.45, 2.75) is 46.1 Å². The first-order chi connectivity index (χ1) is 8.35. The van der Waals surface area contributed by atoms with E-state index in [-0.39, 0.29) is 29.1 Å². The summed E-state index contributed by atoms with van der Waals surface area (Å²) in [6.07, 6.45) is 2.42. The van der Waals surface area contributed by atoms with E-state index in [4.69, 9.17) is 0 Å². The molecule has 0 radical (unpaired) electrons. The van der Waals surface area contributed by atoms with Crippen molar-refractivity contribution in [1.82, 2.24) is 10.2 Å². The SMILES string of the molecule is CC(C)C1C(=O)NC(=O)CC12CCN(C)C(C)C2. The highest BCUT2D eigenvalue weighted by molar-refractivity contribution is 5.99. The molecule has 2 amide bonds. The predicted octanol–water partition coefficient (Wildman–Crippen LogP) is 1.41. The number of likely N-dealkylation sites (tertiary alicyclic amines) is 1. The zero-order chi connectivity index (χ0) is 13.5. The lowest BCUT2D eigenvalue weighted by Crippen LogP contribution is -2.58. The fourth-order valence-electron chi connectivity index (χ4n) is 3.89. The quantitative estimate of drug-likeness (QED) is 0.718. The van der Waals surface area contributed by atoms with Crippen molar-refractivity contribution >= 4 is 11.8 Å². The zero-order valence-corrected chi connectivity index (χ0v) is 11.8. The molecule has 2 rings (SSSR count). The van der Waals surface area contributed by atoms with Crippen LogP contribution in [0.25, 0.3) is 0 Å². The standard InChI is InChI=1S/C14H24N2O2/c1-9(2)12-13(18)15-11(17)8-14(12)5-6-16(4)10(3)7-14/h9-10,12H,5-8H2,1-4H3,(H,15,17,18). The molecule has 0 aromatic rings. The van der Waals surface area contributed by atoms with Crippen LogP contribution < -0.4 is 5.32 Å². The third-order valence-corrected chi connectivity index (χ3v) is 4.80. The summed E-state index contributed by atoms with van der Waals surface area (Å²) in [5.74, 6) is 0.117. The van der Waals surface area contributed by atoms with Crippen LogP contribution in [0.15, 0.2) is 0 Å². The molecule has 3 atom stereocenters. The summed E-state index contributed by atoms with van der Waals surface area (Å²) < 4.78 is 0. The highest BCUT2D eigenvalue weighted by atomic mass is 16.2. The lowest BCUT2D eigenvalue weighted by molar-refractivity contribution is -0.149. The summed E-state index contributed by atoms with van der Waals surface area (Å²) in [4.78, 5) is 26.2. The summed E-state index contributed by atoms with van der Waals surface area (Å²) in [6, 6.07) is 0.443. The van der Waals surface area contributed by atoms with Gasteiger partial charge in [-0.05, 0) is 44.7 Å². The molecule has 4 heteroatoms. The number of piperidine rings is 2. The molecule has 2 fully saturated rings. The Hall–Kier alpha value is -0.900. The molecule has 2 heterocycles. The van der Waals surface area contributed by atoms with Crippen LogP contribution in [0, 0.1) is 17.3 Å². The minimum Gasteiger partial charge on any atom is -0.304 e. The van der Waals surface area contributed by atoms with E-state index in [1.165, 1.54) is 0 Å². The van der Waals surface area contributed by atoms with Crippen LogP contribution in [0.2, 0.25) is 0 Å². The predicted molar refractivity (Wildman–Crippen MR) is 69.9 cm³/mol. The first kappa shape index (κ1) is 13.5. The lowest BCUT2D eigenvalue weighted by atomic mass is 9.60. The highest BCUT2D eigenvalue weighted by Crippen LogP contribution is 2.48. The van der Waals surface area contributed by atoms with Gasteiger partial charge in [-0.3, -0.25) is 14.9 Å². The van der Waals surface area contributed by atoms with Crippen molar-refractivity contribution in [1.29, 1.82) is 0 Å². The Kier molecular flexibility index (Phi) is 3.49. The second-order valence-electron chi connectivity index (χ2n) is 6.46. The summed E-state index contributed by atoms with van der Waals surface area (Å²) in [5, 5.41) is 2.52. The third-order valence-electron chi connectivity index (χ3n) is 4.80. The maximum absolute atomic E-state index is 12.2. The van der Waals surface area contributed by atoms with Crippen LogP contribution in [0.3, 0.4) is 0 Å². The Morgan fingerprint density at radius 2 is 2.06 bits per heavy atom. The second-order valence-corrected chi connectivity index (χ2v) is 6.46. The van der Waals surface area contributed by atoms with Gasteiger partial charge in [0.15, 0.2) is 0 Å². The number of nitrogens with one attached hydrogen (secondary N) is 1. The third kappa shape index (κ3) is 2.18. The molecule has 2 aliphatic rings. The molecular weight excluding hydrogens is 228 g/mol. The fourth-order valence-corrected chi connectivity index (χ4v) is 3.89. The number of carbonyl (C=O) groups excluding carboxylic acids is 2. The summed E-state index contributed by atoms with van der Waals surface area (Å²) in [5.41, 5.74) is -0.112. The lowest BCUT2D eigenvalue weighted by Gasteiger charge is -2.51. The average Bonchev–Trinajstić information content (AvgIpc) is 2.22. The number of amides is 2. The summed E-state index contributed by atoms with van der Waals surface area (Å²) >= 11 is 0. The number of hydrogen-bond donors (Lipinski definition) is 1. The Labute approximate surface area is 109 Å². The number of carbonyl (C=O) groups is 2. The van der Waals surface area contributed by atoms with Gasteiger partial charge in [0, 0.05) is 18.4 Å². The minimum absolute atomic E-state index is 0.0219. The van der Waals surface area contributed by atoms with Crippen LogP contribution in [0.1, 0.15) is 40.0 Å². The van der Waals surface area contributed by atoms with Crippen molar-refractivity contribution in [2.24, 2.45) is 17.3 Å². The van der Waals surface area contributed by atoms with Crippen molar-refractivity contribution in [3.63, 3.8) is 0 Å². The van der Waals surface area contributed by atoms with Gasteiger partial charge in [0.05, 0.1) is 0 Å². The van der Waals surface area contributed by atoms with Gasteiger partial charge in [-0.2, -0.15) is 0 Å². The van der Waals surface area contributed by atoms with E-state index < -0.39 is 0 Å². The van der Waals surface area contributed by atoms with Gasteiger partial charge in [0.1, 0.15) is 0 Å². The van der Waals surface area contributed by atoms with Gasteiger partial charge in [-0.1, -0.05) is 13.8 Å². The fraction of sp³-hybridized carbons (Fsp3) is 0.857. The van der Waals surface area contributed by atoms with E-state index >= 15 is 0 Å². The molecular formula is C14H24N2O2. The van der Waals surface area contributed by atoms with E-state index in [0.717, 1.165) is 19.4 Å². The van der Waals surface area contributed by atoms with E-state index in [9.17, 15) is 9.59 Å². The van der Waals surface area contributed by atoms with Crippen LogP contribution in [0.5, 0.6) is 0 Å². The molecule has 4 nitrogen and oxygen atoms in total. The maximum atomic E-state index is 12.2. The van der Waals surface area contributed by atoms with Crippen LogP contribution in [-0.4, -0.2) is 36.3 Å². The Morgan fingerprint density at radius 1 is 1.39 bits per heavy atom. The van der Waals surface area contributed by atoms with Gasteiger partial charge in [-0.25, -0.2) is 0 Å². The molecule has 1 spiro atoms. The Balaban J connectivity index is 2.31. The smallest absolute Gasteiger partial charge is 0.230 e. The van der Waals surface area contributed by atoms with Gasteiger partial charge in [0.2, 0.25) is 11.8 Å². The van der Waals surface area contributed by atoms with Crippen LogP contribution >= 0.6 is 0 Å². The molecule has 0 aromatic carbocycles. The van der Waals surface area contributed by atoms with Gasteiger partial charge >= 0.3 is 0 Å². The summed E-state index contributed by atoms with van der Waals surface area (Å²) in [7, 11) is 2.12. The highest BCUT2D eigenvalue weighted by Gasteiger charge is 2.51. The van der Waals surface area contributed by atoms with E-state index in [0.29, 0.717) is 12.5 Å².